The molecule has 2 atom stereocenters. The number of rotatable bonds is 6. The summed E-state index contributed by atoms with van der Waals surface area (Å²) in [6.45, 7) is 6.71. The molecule has 1 saturated heterocycles. The molecule has 0 aromatic heterocycles. The maximum atomic E-state index is 5.63. The fraction of sp³-hybridized carbons (Fsp3) is 1.00. The SMILES string of the molecule is CCOC(OCC)C([SiH3])C1CCCN1. The van der Waals surface area contributed by atoms with Gasteiger partial charge in [0.2, 0.25) is 0 Å². The number of hydrogen-bond donors (Lipinski definition) is 1. The highest BCUT2D eigenvalue weighted by Crippen LogP contribution is 2.23. The van der Waals surface area contributed by atoms with Crippen molar-refractivity contribution in [2.24, 2.45) is 0 Å². The van der Waals surface area contributed by atoms with Crippen molar-refractivity contribution in [2.75, 3.05) is 19.8 Å². The number of ether oxygens (including phenoxy) is 2. The van der Waals surface area contributed by atoms with E-state index in [2.05, 4.69) is 5.32 Å². The second kappa shape index (κ2) is 6.56. The minimum atomic E-state index is 0.0206. The summed E-state index contributed by atoms with van der Waals surface area (Å²) >= 11 is 0. The molecule has 0 amide bonds. The molecule has 1 heterocycles. The molecular weight excluding hydrogens is 194 g/mol. The maximum absolute atomic E-state index is 5.63. The summed E-state index contributed by atoms with van der Waals surface area (Å²) < 4.78 is 11.3. The van der Waals surface area contributed by atoms with E-state index in [0.29, 0.717) is 11.6 Å². The Kier molecular flexibility index (Phi) is 5.70. The summed E-state index contributed by atoms with van der Waals surface area (Å²) in [7, 11) is 1.13. The number of nitrogens with one attached hydrogen (secondary N) is 1. The quantitative estimate of drug-likeness (QED) is 0.512. The van der Waals surface area contributed by atoms with Crippen LogP contribution in [0.15, 0.2) is 0 Å². The predicted octanol–water partition coefficient (Wildman–Crippen LogP) is 0.291. The summed E-state index contributed by atoms with van der Waals surface area (Å²) in [5.74, 6) is 0. The van der Waals surface area contributed by atoms with Crippen LogP contribution >= 0.6 is 0 Å². The summed E-state index contributed by atoms with van der Waals surface area (Å²) in [4.78, 5) is 0. The standard InChI is InChI=1S/C10H23NO2Si/c1-3-12-10(13-4-2)9(14)8-6-5-7-11-8/h8-11H,3-7H2,1-2,14H3. The highest BCUT2D eigenvalue weighted by Gasteiger charge is 2.28. The molecule has 3 nitrogen and oxygen atoms in total. The van der Waals surface area contributed by atoms with Gasteiger partial charge in [0, 0.05) is 35.0 Å². The van der Waals surface area contributed by atoms with Crippen molar-refractivity contribution in [3.05, 3.63) is 0 Å². The van der Waals surface area contributed by atoms with E-state index in [0.717, 1.165) is 30.0 Å². The predicted molar refractivity (Wildman–Crippen MR) is 61.8 cm³/mol. The van der Waals surface area contributed by atoms with E-state index in [4.69, 9.17) is 9.47 Å². The molecule has 1 rings (SSSR count). The van der Waals surface area contributed by atoms with E-state index in [9.17, 15) is 0 Å². The van der Waals surface area contributed by atoms with Crippen LogP contribution in [0.25, 0.3) is 0 Å². The molecule has 0 aliphatic carbocycles. The topological polar surface area (TPSA) is 30.5 Å². The molecule has 0 radical (unpaired) electrons. The first-order valence-corrected chi connectivity index (χ1v) is 6.91. The molecule has 1 N–H and O–H groups in total. The Labute approximate surface area is 90.0 Å². The fourth-order valence-electron chi connectivity index (χ4n) is 2.03. The van der Waals surface area contributed by atoms with Gasteiger partial charge in [0.25, 0.3) is 0 Å². The lowest BCUT2D eigenvalue weighted by Crippen LogP contribution is -2.36. The molecule has 1 aliphatic rings. The van der Waals surface area contributed by atoms with E-state index in [1.54, 1.807) is 0 Å². The second-order valence-corrected chi connectivity index (χ2v) is 5.17. The van der Waals surface area contributed by atoms with Gasteiger partial charge in [-0.2, -0.15) is 0 Å². The van der Waals surface area contributed by atoms with Gasteiger partial charge in [0.05, 0.1) is 0 Å². The zero-order chi connectivity index (χ0) is 10.4. The molecular formula is C10H23NO2Si. The van der Waals surface area contributed by atoms with E-state index < -0.39 is 0 Å². The first kappa shape index (κ1) is 12.2. The van der Waals surface area contributed by atoms with Gasteiger partial charge in [-0.15, -0.1) is 0 Å². The molecule has 0 bridgehead atoms. The molecule has 84 valence electrons. The van der Waals surface area contributed by atoms with Crippen LogP contribution < -0.4 is 5.32 Å². The average molecular weight is 217 g/mol. The summed E-state index contributed by atoms with van der Waals surface area (Å²) in [6.07, 6.45) is 2.60. The van der Waals surface area contributed by atoms with Gasteiger partial charge >= 0.3 is 0 Å². The minimum absolute atomic E-state index is 0.0206. The Hall–Kier alpha value is 0.0969. The Morgan fingerprint density at radius 1 is 1.36 bits per heavy atom. The highest BCUT2D eigenvalue weighted by molar-refractivity contribution is 6.12. The smallest absolute Gasteiger partial charge is 0.158 e. The van der Waals surface area contributed by atoms with Crippen LogP contribution in [0.2, 0.25) is 5.54 Å². The van der Waals surface area contributed by atoms with Crippen LogP contribution in [-0.4, -0.2) is 42.3 Å². The summed E-state index contributed by atoms with van der Waals surface area (Å²) in [5.41, 5.74) is 0.581. The minimum Gasteiger partial charge on any atom is -0.353 e. The molecule has 0 spiro atoms. The highest BCUT2D eigenvalue weighted by atomic mass is 28.1. The van der Waals surface area contributed by atoms with Crippen molar-refractivity contribution in [3.8, 4) is 0 Å². The van der Waals surface area contributed by atoms with Crippen molar-refractivity contribution >= 4 is 10.2 Å². The van der Waals surface area contributed by atoms with Gasteiger partial charge in [-0.3, -0.25) is 0 Å². The average Bonchev–Trinajstić information content (AvgIpc) is 2.69. The van der Waals surface area contributed by atoms with Gasteiger partial charge in [-0.1, -0.05) is 0 Å². The van der Waals surface area contributed by atoms with Crippen molar-refractivity contribution < 1.29 is 9.47 Å². The third-order valence-corrected chi connectivity index (χ3v) is 4.17. The normalized spacial score (nSPS) is 24.6. The van der Waals surface area contributed by atoms with Crippen molar-refractivity contribution in [2.45, 2.75) is 44.6 Å². The van der Waals surface area contributed by atoms with E-state index in [1.807, 2.05) is 13.8 Å². The molecule has 0 aromatic rings. The molecule has 1 aliphatic heterocycles. The molecule has 14 heavy (non-hydrogen) atoms. The van der Waals surface area contributed by atoms with Crippen molar-refractivity contribution in [3.63, 3.8) is 0 Å². The lowest BCUT2D eigenvalue weighted by atomic mass is 10.1. The Bertz CT molecular complexity index is 145. The Morgan fingerprint density at radius 2 is 2.00 bits per heavy atom. The van der Waals surface area contributed by atoms with Crippen LogP contribution in [-0.2, 0) is 9.47 Å². The van der Waals surface area contributed by atoms with Gasteiger partial charge in [-0.25, -0.2) is 0 Å². The van der Waals surface area contributed by atoms with Gasteiger partial charge in [0.1, 0.15) is 0 Å². The van der Waals surface area contributed by atoms with Gasteiger partial charge < -0.3 is 14.8 Å². The lowest BCUT2D eigenvalue weighted by molar-refractivity contribution is -0.141. The van der Waals surface area contributed by atoms with Crippen LogP contribution in [0.4, 0.5) is 0 Å². The molecule has 0 saturated carbocycles. The van der Waals surface area contributed by atoms with Crippen LogP contribution in [0.3, 0.4) is 0 Å². The van der Waals surface area contributed by atoms with E-state index in [1.165, 1.54) is 12.8 Å². The summed E-state index contributed by atoms with van der Waals surface area (Å²) in [5, 5.41) is 3.53. The van der Waals surface area contributed by atoms with Crippen molar-refractivity contribution in [1.29, 1.82) is 0 Å². The first-order valence-electron chi connectivity index (χ1n) is 5.76. The van der Waals surface area contributed by atoms with Crippen LogP contribution in [0, 0.1) is 0 Å². The van der Waals surface area contributed by atoms with E-state index >= 15 is 0 Å². The Balaban J connectivity index is 2.39. The molecule has 2 unspecified atom stereocenters. The van der Waals surface area contributed by atoms with Crippen molar-refractivity contribution in [1.82, 2.24) is 5.32 Å². The lowest BCUT2D eigenvalue weighted by Gasteiger charge is -2.28. The molecule has 4 heteroatoms. The Morgan fingerprint density at radius 3 is 2.43 bits per heavy atom. The largest absolute Gasteiger partial charge is 0.353 e. The molecule has 0 aromatic carbocycles. The summed E-state index contributed by atoms with van der Waals surface area (Å²) in [6, 6.07) is 0.629. The van der Waals surface area contributed by atoms with Gasteiger partial charge in [-0.05, 0) is 33.2 Å². The van der Waals surface area contributed by atoms with Crippen LogP contribution in [0.5, 0.6) is 0 Å². The second-order valence-electron chi connectivity index (χ2n) is 3.84. The van der Waals surface area contributed by atoms with Crippen LogP contribution in [0.1, 0.15) is 26.7 Å². The third-order valence-electron chi connectivity index (χ3n) is 2.82. The first-order chi connectivity index (χ1) is 6.79. The molecule has 1 fully saturated rings. The fourth-order valence-corrected chi connectivity index (χ4v) is 2.98. The maximum Gasteiger partial charge on any atom is 0.158 e. The zero-order valence-electron chi connectivity index (χ0n) is 9.58. The zero-order valence-corrected chi connectivity index (χ0v) is 11.6. The number of hydrogen-bond acceptors (Lipinski definition) is 3. The third kappa shape index (κ3) is 3.35. The van der Waals surface area contributed by atoms with Gasteiger partial charge in [0.15, 0.2) is 6.29 Å². The van der Waals surface area contributed by atoms with E-state index in [-0.39, 0.29) is 6.29 Å². The monoisotopic (exact) mass is 217 g/mol.